The highest BCUT2D eigenvalue weighted by Crippen LogP contribution is 2.11. The maximum Gasteiger partial charge on any atom is 0.164 e. The minimum atomic E-state index is 0.244. The van der Waals surface area contributed by atoms with Crippen molar-refractivity contribution in [2.24, 2.45) is 0 Å². The van der Waals surface area contributed by atoms with Gasteiger partial charge in [0.2, 0.25) is 0 Å². The first-order valence-corrected chi connectivity index (χ1v) is 6.57. The van der Waals surface area contributed by atoms with Crippen molar-refractivity contribution in [2.75, 3.05) is 32.8 Å². The van der Waals surface area contributed by atoms with E-state index in [-0.39, 0.29) is 5.78 Å². The molecule has 0 radical (unpaired) electrons. The number of rotatable bonds is 4. The van der Waals surface area contributed by atoms with Crippen LogP contribution in [0.3, 0.4) is 0 Å². The number of ketones is 1. The number of hydrogen-bond donors (Lipinski definition) is 0. The molecule has 0 aromatic heterocycles. The number of hydrogen-bond acceptors (Lipinski definition) is 3. The van der Waals surface area contributed by atoms with E-state index in [2.05, 4.69) is 11.0 Å². The smallest absolute Gasteiger partial charge is 0.164 e. The van der Waals surface area contributed by atoms with Gasteiger partial charge in [-0.25, -0.2) is 0 Å². The van der Waals surface area contributed by atoms with Gasteiger partial charge in [0.1, 0.15) is 0 Å². The fraction of sp³-hybridized carbons (Fsp3) is 0.533. The lowest BCUT2D eigenvalue weighted by atomic mass is 10.0. The molecule has 1 aromatic carbocycles. The van der Waals surface area contributed by atoms with Crippen molar-refractivity contribution in [3.8, 4) is 0 Å². The van der Waals surface area contributed by atoms with Gasteiger partial charge in [0, 0.05) is 31.6 Å². The van der Waals surface area contributed by atoms with Gasteiger partial charge in [0.05, 0.1) is 13.2 Å². The Morgan fingerprint density at radius 1 is 1.17 bits per heavy atom. The summed E-state index contributed by atoms with van der Waals surface area (Å²) in [5, 5.41) is 0. The molecule has 1 aromatic rings. The lowest BCUT2D eigenvalue weighted by Gasteiger charge is -2.26. The van der Waals surface area contributed by atoms with Crippen LogP contribution in [0, 0.1) is 13.8 Å². The number of carbonyl (C=O) groups is 1. The maximum absolute atomic E-state index is 12.1. The monoisotopic (exact) mass is 247 g/mol. The van der Waals surface area contributed by atoms with Crippen LogP contribution in [-0.2, 0) is 4.74 Å². The van der Waals surface area contributed by atoms with Crippen molar-refractivity contribution in [3.05, 3.63) is 34.9 Å². The van der Waals surface area contributed by atoms with Crippen LogP contribution < -0.4 is 0 Å². The third-order valence-corrected chi connectivity index (χ3v) is 3.30. The summed E-state index contributed by atoms with van der Waals surface area (Å²) in [5.74, 6) is 0.244. The molecule has 1 saturated heterocycles. The second-order valence-electron chi connectivity index (χ2n) is 5.00. The average molecular weight is 247 g/mol. The van der Waals surface area contributed by atoms with Crippen LogP contribution in [0.2, 0.25) is 0 Å². The number of nitrogens with zero attached hydrogens (tertiary/aromatic N) is 1. The standard InChI is InChI=1S/C15H21NO2/c1-12-9-13(2)11-14(10-12)15(17)3-4-16-5-7-18-8-6-16/h9-11H,3-8H2,1-2H3. The van der Waals surface area contributed by atoms with Crippen LogP contribution in [0.25, 0.3) is 0 Å². The lowest BCUT2D eigenvalue weighted by Crippen LogP contribution is -2.37. The van der Waals surface area contributed by atoms with E-state index in [0.29, 0.717) is 6.42 Å². The van der Waals surface area contributed by atoms with Crippen molar-refractivity contribution in [3.63, 3.8) is 0 Å². The summed E-state index contributed by atoms with van der Waals surface area (Å²) in [6.45, 7) is 8.38. The summed E-state index contributed by atoms with van der Waals surface area (Å²) < 4.78 is 5.30. The van der Waals surface area contributed by atoms with E-state index in [0.717, 1.165) is 49.5 Å². The highest BCUT2D eigenvalue weighted by molar-refractivity contribution is 5.96. The number of ether oxygens (including phenoxy) is 1. The average Bonchev–Trinajstić information content (AvgIpc) is 2.36. The van der Waals surface area contributed by atoms with Crippen LogP contribution in [-0.4, -0.2) is 43.5 Å². The summed E-state index contributed by atoms with van der Waals surface area (Å²) in [7, 11) is 0. The summed E-state index contributed by atoms with van der Waals surface area (Å²) in [5.41, 5.74) is 3.16. The maximum atomic E-state index is 12.1. The lowest BCUT2D eigenvalue weighted by molar-refractivity contribution is 0.0370. The molecule has 0 atom stereocenters. The van der Waals surface area contributed by atoms with Gasteiger partial charge in [0.15, 0.2) is 5.78 Å². The number of aryl methyl sites for hydroxylation is 2. The molecule has 0 amide bonds. The van der Waals surface area contributed by atoms with E-state index in [4.69, 9.17) is 4.74 Å². The highest BCUT2D eigenvalue weighted by atomic mass is 16.5. The zero-order valence-electron chi connectivity index (χ0n) is 11.2. The first-order valence-electron chi connectivity index (χ1n) is 6.57. The number of benzene rings is 1. The van der Waals surface area contributed by atoms with Crippen LogP contribution in [0.5, 0.6) is 0 Å². The van der Waals surface area contributed by atoms with Crippen LogP contribution in [0.4, 0.5) is 0 Å². The SMILES string of the molecule is Cc1cc(C)cc(C(=O)CCN2CCOCC2)c1. The van der Waals surface area contributed by atoms with Gasteiger partial charge < -0.3 is 4.74 Å². The van der Waals surface area contributed by atoms with Crippen molar-refractivity contribution in [1.29, 1.82) is 0 Å². The number of Topliss-reactive ketones (excluding diaryl/α,β-unsaturated/α-hetero) is 1. The third kappa shape index (κ3) is 3.65. The van der Waals surface area contributed by atoms with Crippen LogP contribution in [0.15, 0.2) is 18.2 Å². The third-order valence-electron chi connectivity index (χ3n) is 3.30. The van der Waals surface area contributed by atoms with Crippen molar-refractivity contribution in [1.82, 2.24) is 4.90 Å². The Bertz CT molecular complexity index is 402. The zero-order valence-corrected chi connectivity index (χ0v) is 11.2. The second-order valence-corrected chi connectivity index (χ2v) is 5.00. The number of carbonyl (C=O) groups excluding carboxylic acids is 1. The predicted octanol–water partition coefficient (Wildman–Crippen LogP) is 2.21. The molecule has 0 unspecified atom stereocenters. The van der Waals surface area contributed by atoms with E-state index >= 15 is 0 Å². The molecule has 3 heteroatoms. The summed E-state index contributed by atoms with van der Waals surface area (Å²) in [6, 6.07) is 6.06. The normalized spacial score (nSPS) is 16.8. The van der Waals surface area contributed by atoms with Crippen LogP contribution >= 0.6 is 0 Å². The van der Waals surface area contributed by atoms with E-state index in [1.807, 2.05) is 26.0 Å². The van der Waals surface area contributed by atoms with Crippen LogP contribution in [0.1, 0.15) is 27.9 Å². The molecular formula is C15H21NO2. The molecule has 1 fully saturated rings. The number of morpholine rings is 1. The van der Waals surface area contributed by atoms with Gasteiger partial charge in [-0.05, 0) is 26.0 Å². The largest absolute Gasteiger partial charge is 0.379 e. The van der Waals surface area contributed by atoms with Gasteiger partial charge in [-0.2, -0.15) is 0 Å². The van der Waals surface area contributed by atoms with Gasteiger partial charge in [-0.1, -0.05) is 17.2 Å². The molecule has 18 heavy (non-hydrogen) atoms. The fourth-order valence-electron chi connectivity index (χ4n) is 2.36. The molecule has 1 aliphatic heterocycles. The Hall–Kier alpha value is -1.19. The van der Waals surface area contributed by atoms with E-state index in [1.165, 1.54) is 0 Å². The highest BCUT2D eigenvalue weighted by Gasteiger charge is 2.13. The summed E-state index contributed by atoms with van der Waals surface area (Å²) in [6.07, 6.45) is 0.600. The molecule has 1 aliphatic rings. The van der Waals surface area contributed by atoms with E-state index in [1.54, 1.807) is 0 Å². The quantitative estimate of drug-likeness (QED) is 0.764. The van der Waals surface area contributed by atoms with Crippen molar-refractivity contribution >= 4 is 5.78 Å². The molecule has 0 bridgehead atoms. The zero-order chi connectivity index (χ0) is 13.0. The van der Waals surface area contributed by atoms with E-state index < -0.39 is 0 Å². The van der Waals surface area contributed by atoms with Crippen molar-refractivity contribution < 1.29 is 9.53 Å². The molecule has 0 aliphatic carbocycles. The molecule has 2 rings (SSSR count). The minimum absolute atomic E-state index is 0.244. The Morgan fingerprint density at radius 2 is 1.78 bits per heavy atom. The molecule has 0 saturated carbocycles. The molecule has 0 N–H and O–H groups in total. The molecular weight excluding hydrogens is 226 g/mol. The first-order chi connectivity index (χ1) is 8.65. The molecule has 0 spiro atoms. The predicted molar refractivity (Wildman–Crippen MR) is 72.1 cm³/mol. The molecule has 1 heterocycles. The second kappa shape index (κ2) is 6.12. The molecule has 3 nitrogen and oxygen atoms in total. The Morgan fingerprint density at radius 3 is 2.39 bits per heavy atom. The van der Waals surface area contributed by atoms with Gasteiger partial charge >= 0.3 is 0 Å². The van der Waals surface area contributed by atoms with Gasteiger partial charge in [0.25, 0.3) is 0 Å². The summed E-state index contributed by atoms with van der Waals surface area (Å²) in [4.78, 5) is 14.4. The van der Waals surface area contributed by atoms with Gasteiger partial charge in [-0.15, -0.1) is 0 Å². The van der Waals surface area contributed by atoms with E-state index in [9.17, 15) is 4.79 Å². The Balaban J connectivity index is 1.90. The molecule has 98 valence electrons. The van der Waals surface area contributed by atoms with Crippen molar-refractivity contribution in [2.45, 2.75) is 20.3 Å². The summed E-state index contributed by atoms with van der Waals surface area (Å²) >= 11 is 0. The van der Waals surface area contributed by atoms with Gasteiger partial charge in [-0.3, -0.25) is 9.69 Å². The Kier molecular flexibility index (Phi) is 4.50. The Labute approximate surface area is 109 Å². The topological polar surface area (TPSA) is 29.5 Å². The minimum Gasteiger partial charge on any atom is -0.379 e. The fourth-order valence-corrected chi connectivity index (χ4v) is 2.36. The first kappa shape index (κ1) is 13.2.